The van der Waals surface area contributed by atoms with Crippen LogP contribution in [0.3, 0.4) is 0 Å². The van der Waals surface area contributed by atoms with E-state index in [1.54, 1.807) is 11.9 Å². The highest BCUT2D eigenvalue weighted by atomic mass is 16.2. The number of carbonyl (C=O) groups excluding carboxylic acids is 1. The Morgan fingerprint density at radius 3 is 2.64 bits per heavy atom. The van der Waals surface area contributed by atoms with Gasteiger partial charge in [-0.1, -0.05) is 0 Å². The quantitative estimate of drug-likeness (QED) is 0.545. The Balaban J connectivity index is 0.000000255. The number of hydrogen-bond acceptors (Lipinski definition) is 3. The standard InChI is InChI=1S/C5H10N2O.C4H12N2/c1-7-4-2-3-6-5(7)8;1-6-4-2-3-5/h2-4H2,1H3,(H,6,8);6H,2-5H2,1H3. The van der Waals surface area contributed by atoms with Crippen LogP contribution in [0.5, 0.6) is 0 Å². The number of nitrogens with one attached hydrogen (secondary N) is 2. The summed E-state index contributed by atoms with van der Waals surface area (Å²) < 4.78 is 0. The molecule has 5 nitrogen and oxygen atoms in total. The zero-order valence-electron chi connectivity index (χ0n) is 9.18. The lowest BCUT2D eigenvalue weighted by atomic mass is 10.3. The van der Waals surface area contributed by atoms with E-state index in [0.29, 0.717) is 0 Å². The first kappa shape index (κ1) is 13.2. The molecule has 1 fully saturated rings. The molecule has 0 aromatic carbocycles. The number of amides is 2. The van der Waals surface area contributed by atoms with Crippen molar-refractivity contribution >= 4 is 6.03 Å². The Kier molecular flexibility index (Phi) is 8.27. The van der Waals surface area contributed by atoms with E-state index in [1.807, 2.05) is 7.05 Å². The third-order valence-corrected chi connectivity index (χ3v) is 1.92. The molecular formula is C9H22N4O. The van der Waals surface area contributed by atoms with Crippen molar-refractivity contribution in [1.29, 1.82) is 0 Å². The van der Waals surface area contributed by atoms with Crippen LogP contribution in [0.15, 0.2) is 0 Å². The molecule has 0 bridgehead atoms. The molecule has 2 amide bonds. The maximum atomic E-state index is 10.6. The molecule has 0 aromatic rings. The van der Waals surface area contributed by atoms with Crippen molar-refractivity contribution in [3.63, 3.8) is 0 Å². The molecule has 0 atom stereocenters. The smallest absolute Gasteiger partial charge is 0.317 e. The summed E-state index contributed by atoms with van der Waals surface area (Å²) in [6.07, 6.45) is 2.15. The van der Waals surface area contributed by atoms with Gasteiger partial charge in [0, 0.05) is 20.1 Å². The molecular weight excluding hydrogens is 180 g/mol. The van der Waals surface area contributed by atoms with E-state index in [4.69, 9.17) is 5.73 Å². The lowest BCUT2D eigenvalue weighted by Gasteiger charge is -2.22. The van der Waals surface area contributed by atoms with Gasteiger partial charge in [0.05, 0.1) is 0 Å². The Labute approximate surface area is 86.0 Å². The second kappa shape index (κ2) is 8.77. The molecule has 1 aliphatic rings. The van der Waals surface area contributed by atoms with Gasteiger partial charge in [-0.05, 0) is 33.0 Å². The number of nitrogens with zero attached hydrogens (tertiary/aromatic N) is 1. The minimum atomic E-state index is 0.0521. The number of nitrogens with two attached hydrogens (primary N) is 1. The molecule has 0 aliphatic carbocycles. The lowest BCUT2D eigenvalue weighted by Crippen LogP contribution is -2.43. The molecule has 1 saturated heterocycles. The molecule has 0 aromatic heterocycles. The summed E-state index contributed by atoms with van der Waals surface area (Å²) in [5, 5.41) is 5.71. The van der Waals surface area contributed by atoms with Crippen molar-refractivity contribution in [3.05, 3.63) is 0 Å². The second-order valence-electron chi connectivity index (χ2n) is 3.25. The van der Waals surface area contributed by atoms with Crippen molar-refractivity contribution in [2.24, 2.45) is 5.73 Å². The highest BCUT2D eigenvalue weighted by Gasteiger charge is 2.10. The molecule has 0 radical (unpaired) electrons. The zero-order chi connectivity index (χ0) is 10.8. The fourth-order valence-electron chi connectivity index (χ4n) is 1.03. The Morgan fingerprint density at radius 1 is 1.64 bits per heavy atom. The Hall–Kier alpha value is -0.810. The number of urea groups is 1. The Morgan fingerprint density at radius 2 is 2.36 bits per heavy atom. The van der Waals surface area contributed by atoms with Gasteiger partial charge in [-0.2, -0.15) is 0 Å². The van der Waals surface area contributed by atoms with E-state index in [-0.39, 0.29) is 6.03 Å². The monoisotopic (exact) mass is 202 g/mol. The topological polar surface area (TPSA) is 70.4 Å². The van der Waals surface area contributed by atoms with Crippen molar-refractivity contribution in [3.8, 4) is 0 Å². The summed E-state index contributed by atoms with van der Waals surface area (Å²) in [7, 11) is 3.73. The zero-order valence-corrected chi connectivity index (χ0v) is 9.18. The van der Waals surface area contributed by atoms with Crippen molar-refractivity contribution in [2.75, 3.05) is 40.3 Å². The highest BCUT2D eigenvalue weighted by Crippen LogP contribution is 1.92. The van der Waals surface area contributed by atoms with Gasteiger partial charge < -0.3 is 21.3 Å². The average molecular weight is 202 g/mol. The van der Waals surface area contributed by atoms with Gasteiger partial charge >= 0.3 is 6.03 Å². The lowest BCUT2D eigenvalue weighted by molar-refractivity contribution is 0.199. The highest BCUT2D eigenvalue weighted by molar-refractivity contribution is 5.74. The van der Waals surface area contributed by atoms with E-state index >= 15 is 0 Å². The van der Waals surface area contributed by atoms with Crippen LogP contribution in [0.4, 0.5) is 4.79 Å². The van der Waals surface area contributed by atoms with Crippen molar-refractivity contribution in [1.82, 2.24) is 15.5 Å². The summed E-state index contributed by atoms with van der Waals surface area (Å²) >= 11 is 0. The largest absolute Gasteiger partial charge is 0.338 e. The maximum absolute atomic E-state index is 10.6. The minimum Gasteiger partial charge on any atom is -0.338 e. The van der Waals surface area contributed by atoms with Crippen molar-refractivity contribution < 1.29 is 4.79 Å². The third-order valence-electron chi connectivity index (χ3n) is 1.92. The first-order valence-electron chi connectivity index (χ1n) is 5.06. The summed E-state index contributed by atoms with van der Waals surface area (Å²) in [6, 6.07) is 0.0521. The van der Waals surface area contributed by atoms with E-state index in [2.05, 4.69) is 10.6 Å². The normalized spacial score (nSPS) is 15.6. The summed E-state index contributed by atoms with van der Waals surface area (Å²) in [4.78, 5) is 12.3. The van der Waals surface area contributed by atoms with Gasteiger partial charge in [-0.15, -0.1) is 0 Å². The van der Waals surface area contributed by atoms with Gasteiger partial charge in [-0.3, -0.25) is 0 Å². The van der Waals surface area contributed by atoms with Crippen LogP contribution < -0.4 is 16.4 Å². The van der Waals surface area contributed by atoms with Crippen LogP contribution in [0, 0.1) is 0 Å². The predicted molar refractivity (Wildman–Crippen MR) is 58.2 cm³/mol. The SMILES string of the molecule is CN1CCCNC1=O.CNCCCN. The molecule has 5 heteroatoms. The van der Waals surface area contributed by atoms with Gasteiger partial charge in [-0.25, -0.2) is 4.79 Å². The fourth-order valence-corrected chi connectivity index (χ4v) is 1.03. The summed E-state index contributed by atoms with van der Waals surface area (Å²) in [5.74, 6) is 0. The first-order valence-corrected chi connectivity index (χ1v) is 5.06. The van der Waals surface area contributed by atoms with Gasteiger partial charge in [0.15, 0.2) is 0 Å². The van der Waals surface area contributed by atoms with Crippen molar-refractivity contribution in [2.45, 2.75) is 12.8 Å². The molecule has 84 valence electrons. The van der Waals surface area contributed by atoms with Crippen LogP contribution >= 0.6 is 0 Å². The third kappa shape index (κ3) is 6.68. The van der Waals surface area contributed by atoms with E-state index in [0.717, 1.165) is 39.0 Å². The average Bonchev–Trinajstić information content (AvgIpc) is 2.20. The van der Waals surface area contributed by atoms with E-state index in [9.17, 15) is 4.79 Å². The van der Waals surface area contributed by atoms with Gasteiger partial charge in [0.25, 0.3) is 0 Å². The second-order valence-corrected chi connectivity index (χ2v) is 3.25. The number of rotatable bonds is 3. The summed E-state index contributed by atoms with van der Waals surface area (Å²) in [6.45, 7) is 3.56. The molecule has 1 aliphatic heterocycles. The molecule has 14 heavy (non-hydrogen) atoms. The molecule has 0 unspecified atom stereocenters. The molecule has 1 rings (SSSR count). The molecule has 1 heterocycles. The fraction of sp³-hybridized carbons (Fsp3) is 0.889. The molecule has 0 saturated carbocycles. The first-order chi connectivity index (χ1) is 6.72. The van der Waals surface area contributed by atoms with E-state index < -0.39 is 0 Å². The minimum absolute atomic E-state index is 0.0521. The maximum Gasteiger partial charge on any atom is 0.317 e. The van der Waals surface area contributed by atoms with Crippen LogP contribution in [-0.2, 0) is 0 Å². The van der Waals surface area contributed by atoms with Gasteiger partial charge in [0.2, 0.25) is 0 Å². The molecule has 4 N–H and O–H groups in total. The Bertz CT molecular complexity index is 148. The number of hydrogen-bond donors (Lipinski definition) is 3. The van der Waals surface area contributed by atoms with E-state index in [1.165, 1.54) is 0 Å². The predicted octanol–water partition coefficient (Wildman–Crippen LogP) is -0.414. The van der Waals surface area contributed by atoms with Crippen LogP contribution in [0.2, 0.25) is 0 Å². The van der Waals surface area contributed by atoms with Crippen LogP contribution in [0.1, 0.15) is 12.8 Å². The van der Waals surface area contributed by atoms with Crippen LogP contribution in [0.25, 0.3) is 0 Å². The molecule has 0 spiro atoms. The van der Waals surface area contributed by atoms with Crippen LogP contribution in [-0.4, -0.2) is 51.2 Å². The van der Waals surface area contributed by atoms with Gasteiger partial charge in [0.1, 0.15) is 0 Å². The summed E-state index contributed by atoms with van der Waals surface area (Å²) in [5.41, 5.74) is 5.17. The number of carbonyl (C=O) groups is 1.